The summed E-state index contributed by atoms with van der Waals surface area (Å²) in [6.45, 7) is 0.886. The van der Waals surface area contributed by atoms with Crippen LogP contribution in [-0.2, 0) is 4.79 Å². The molecular formula is C19H24N4O4. The second-order valence-electron chi connectivity index (χ2n) is 7.48. The SMILES string of the molecule is COc1ccc(C(=O)NC2CC2)cc1NC(=O)N1C[C@H]2CC[C@@H](C1)C(=O)N2. The number of carbonyl (C=O) groups is 3. The van der Waals surface area contributed by atoms with Crippen LogP contribution in [0.1, 0.15) is 36.0 Å². The Hall–Kier alpha value is -2.77. The normalized spacial score (nSPS) is 24.0. The predicted molar refractivity (Wildman–Crippen MR) is 98.7 cm³/mol. The minimum atomic E-state index is -0.290. The van der Waals surface area contributed by atoms with E-state index in [1.54, 1.807) is 23.1 Å². The first-order valence-corrected chi connectivity index (χ1v) is 9.38. The number of nitrogens with zero attached hydrogens (tertiary/aromatic N) is 1. The highest BCUT2D eigenvalue weighted by Gasteiger charge is 2.36. The third-order valence-electron chi connectivity index (χ3n) is 5.37. The standard InChI is InChI=1S/C19H24N4O4/c1-27-16-7-3-11(17(24)20-13-5-6-13)8-15(16)22-19(26)23-9-12-2-4-14(10-23)21-18(12)25/h3,7-8,12-14H,2,4-6,9-10H2,1H3,(H,20,24)(H,21,25)(H,22,26)/t12-,14+/m0/s1. The molecule has 3 aliphatic heterocycles. The quantitative estimate of drug-likeness (QED) is 0.742. The Morgan fingerprint density at radius 1 is 1.19 bits per heavy atom. The summed E-state index contributed by atoms with van der Waals surface area (Å²) >= 11 is 0. The molecule has 144 valence electrons. The largest absolute Gasteiger partial charge is 0.495 e. The monoisotopic (exact) mass is 372 g/mol. The smallest absolute Gasteiger partial charge is 0.322 e. The highest BCUT2D eigenvalue weighted by molar-refractivity contribution is 5.98. The maximum Gasteiger partial charge on any atom is 0.322 e. The highest BCUT2D eigenvalue weighted by atomic mass is 16.5. The number of piperidine rings is 1. The second-order valence-corrected chi connectivity index (χ2v) is 7.48. The van der Waals surface area contributed by atoms with Crippen molar-refractivity contribution >= 4 is 23.5 Å². The summed E-state index contributed by atoms with van der Waals surface area (Å²) in [5.41, 5.74) is 0.924. The minimum absolute atomic E-state index is 0.000417. The fraction of sp³-hybridized carbons (Fsp3) is 0.526. The number of carbonyl (C=O) groups excluding carboxylic acids is 3. The van der Waals surface area contributed by atoms with Crippen LogP contribution in [0, 0.1) is 5.92 Å². The highest BCUT2D eigenvalue weighted by Crippen LogP contribution is 2.28. The molecule has 4 aliphatic rings. The van der Waals surface area contributed by atoms with Gasteiger partial charge < -0.3 is 25.6 Å². The summed E-state index contributed by atoms with van der Waals surface area (Å²) in [6.07, 6.45) is 3.71. The molecule has 0 radical (unpaired) electrons. The Morgan fingerprint density at radius 3 is 2.70 bits per heavy atom. The van der Waals surface area contributed by atoms with E-state index in [1.807, 2.05) is 0 Å². The minimum Gasteiger partial charge on any atom is -0.495 e. The zero-order valence-electron chi connectivity index (χ0n) is 15.3. The lowest BCUT2D eigenvalue weighted by Gasteiger charge is -2.23. The third kappa shape index (κ3) is 3.84. The van der Waals surface area contributed by atoms with Gasteiger partial charge in [-0.25, -0.2) is 4.79 Å². The number of benzene rings is 1. The van der Waals surface area contributed by atoms with Gasteiger partial charge in [0.05, 0.1) is 18.7 Å². The molecule has 0 aromatic heterocycles. The molecule has 1 aromatic rings. The van der Waals surface area contributed by atoms with Gasteiger partial charge in [-0.3, -0.25) is 9.59 Å². The molecule has 4 amide bonds. The Bertz CT molecular complexity index is 777. The van der Waals surface area contributed by atoms with E-state index in [-0.39, 0.29) is 35.8 Å². The van der Waals surface area contributed by atoms with Crippen molar-refractivity contribution in [3.63, 3.8) is 0 Å². The number of fused-ring (bicyclic) bond motifs is 4. The second kappa shape index (κ2) is 7.09. The van der Waals surface area contributed by atoms with Crippen LogP contribution in [-0.4, -0.2) is 55.0 Å². The number of rotatable bonds is 4. The summed E-state index contributed by atoms with van der Waals surface area (Å²) in [6, 6.07) is 4.95. The van der Waals surface area contributed by atoms with E-state index in [9.17, 15) is 14.4 Å². The fourth-order valence-electron chi connectivity index (χ4n) is 3.65. The molecule has 0 spiro atoms. The van der Waals surface area contributed by atoms with Crippen LogP contribution < -0.4 is 20.7 Å². The van der Waals surface area contributed by atoms with Crippen LogP contribution in [0.4, 0.5) is 10.5 Å². The molecule has 8 heteroatoms. The van der Waals surface area contributed by atoms with Crippen molar-refractivity contribution in [1.82, 2.24) is 15.5 Å². The number of anilines is 1. The Labute approximate surface area is 157 Å². The fourth-order valence-corrected chi connectivity index (χ4v) is 3.65. The van der Waals surface area contributed by atoms with E-state index in [4.69, 9.17) is 4.74 Å². The lowest BCUT2D eigenvalue weighted by Crippen LogP contribution is -2.44. The molecule has 3 saturated heterocycles. The Balaban J connectivity index is 1.49. The van der Waals surface area contributed by atoms with E-state index >= 15 is 0 Å². The molecule has 3 heterocycles. The molecule has 3 N–H and O–H groups in total. The molecule has 8 nitrogen and oxygen atoms in total. The van der Waals surface area contributed by atoms with Crippen LogP contribution in [0.15, 0.2) is 18.2 Å². The number of hydrogen-bond acceptors (Lipinski definition) is 4. The molecule has 0 unspecified atom stereocenters. The molecule has 1 saturated carbocycles. The van der Waals surface area contributed by atoms with Crippen LogP contribution in [0.2, 0.25) is 0 Å². The molecule has 1 aromatic carbocycles. The first kappa shape index (κ1) is 17.6. The van der Waals surface area contributed by atoms with Gasteiger partial charge >= 0.3 is 6.03 Å². The average Bonchev–Trinajstić information content (AvgIpc) is 3.49. The summed E-state index contributed by atoms with van der Waals surface area (Å²) in [4.78, 5) is 38.7. The van der Waals surface area contributed by atoms with E-state index in [1.165, 1.54) is 7.11 Å². The summed E-state index contributed by atoms with van der Waals surface area (Å²) < 4.78 is 5.33. The molecule has 4 fully saturated rings. The van der Waals surface area contributed by atoms with E-state index in [2.05, 4.69) is 16.0 Å². The van der Waals surface area contributed by atoms with Crippen molar-refractivity contribution in [2.75, 3.05) is 25.5 Å². The van der Waals surface area contributed by atoms with Crippen molar-refractivity contribution in [1.29, 1.82) is 0 Å². The lowest BCUT2D eigenvalue weighted by atomic mass is 9.96. The van der Waals surface area contributed by atoms with E-state index < -0.39 is 0 Å². The van der Waals surface area contributed by atoms with E-state index in [0.717, 1.165) is 25.7 Å². The zero-order valence-corrected chi connectivity index (χ0v) is 15.3. The maximum atomic E-state index is 12.8. The van der Waals surface area contributed by atoms with Crippen molar-refractivity contribution in [3.05, 3.63) is 23.8 Å². The summed E-state index contributed by atoms with van der Waals surface area (Å²) in [5, 5.41) is 8.75. The molecule has 2 atom stereocenters. The summed E-state index contributed by atoms with van der Waals surface area (Å²) in [5.74, 6) is 0.196. The number of methoxy groups -OCH3 is 1. The third-order valence-corrected chi connectivity index (χ3v) is 5.37. The van der Waals surface area contributed by atoms with E-state index in [0.29, 0.717) is 30.1 Å². The average molecular weight is 372 g/mol. The van der Waals surface area contributed by atoms with Crippen LogP contribution in [0.3, 0.4) is 0 Å². The van der Waals surface area contributed by atoms with Gasteiger partial charge in [0.1, 0.15) is 5.75 Å². The van der Waals surface area contributed by atoms with Crippen LogP contribution in [0.25, 0.3) is 0 Å². The van der Waals surface area contributed by atoms with Gasteiger partial charge in [0, 0.05) is 30.7 Å². The van der Waals surface area contributed by atoms with Gasteiger partial charge in [0.15, 0.2) is 0 Å². The van der Waals surface area contributed by atoms with Crippen LogP contribution >= 0.6 is 0 Å². The van der Waals surface area contributed by atoms with Gasteiger partial charge in [-0.05, 0) is 43.9 Å². The zero-order chi connectivity index (χ0) is 19.0. The Kier molecular flexibility index (Phi) is 4.63. The van der Waals surface area contributed by atoms with Gasteiger partial charge in [-0.15, -0.1) is 0 Å². The van der Waals surface area contributed by atoms with Crippen LogP contribution in [0.5, 0.6) is 5.75 Å². The number of hydrogen-bond donors (Lipinski definition) is 3. The van der Waals surface area contributed by atoms with Gasteiger partial charge in [-0.1, -0.05) is 0 Å². The summed E-state index contributed by atoms with van der Waals surface area (Å²) in [7, 11) is 1.52. The van der Waals surface area contributed by atoms with Crippen molar-refractivity contribution < 1.29 is 19.1 Å². The molecule has 2 bridgehead atoms. The maximum absolute atomic E-state index is 12.8. The predicted octanol–water partition coefficient (Wildman–Crippen LogP) is 1.33. The lowest BCUT2D eigenvalue weighted by molar-refractivity contribution is -0.126. The molecule has 1 aliphatic carbocycles. The Morgan fingerprint density at radius 2 is 2.00 bits per heavy atom. The van der Waals surface area contributed by atoms with Gasteiger partial charge in [0.2, 0.25) is 5.91 Å². The number of nitrogens with one attached hydrogen (secondary N) is 3. The van der Waals surface area contributed by atoms with Crippen molar-refractivity contribution in [3.8, 4) is 5.75 Å². The molecule has 5 rings (SSSR count). The van der Waals surface area contributed by atoms with Crippen molar-refractivity contribution in [2.24, 2.45) is 5.92 Å². The topological polar surface area (TPSA) is 99.8 Å². The number of amides is 4. The number of urea groups is 1. The first-order valence-electron chi connectivity index (χ1n) is 9.38. The molecular weight excluding hydrogens is 348 g/mol. The number of ether oxygens (including phenoxy) is 1. The van der Waals surface area contributed by atoms with Gasteiger partial charge in [-0.2, -0.15) is 0 Å². The van der Waals surface area contributed by atoms with Crippen molar-refractivity contribution in [2.45, 2.75) is 37.8 Å². The first-order chi connectivity index (χ1) is 13.0. The molecule has 27 heavy (non-hydrogen) atoms. The van der Waals surface area contributed by atoms with Gasteiger partial charge in [0.25, 0.3) is 5.91 Å².